The molecule has 0 radical (unpaired) electrons. The second kappa shape index (κ2) is 5.40. The Labute approximate surface area is 119 Å². The van der Waals surface area contributed by atoms with Crippen LogP contribution in [0.3, 0.4) is 0 Å². The van der Waals surface area contributed by atoms with Crippen molar-refractivity contribution in [2.75, 3.05) is 6.54 Å². The van der Waals surface area contributed by atoms with E-state index in [1.165, 1.54) is 6.92 Å². The molecule has 0 aromatic heterocycles. The summed E-state index contributed by atoms with van der Waals surface area (Å²) in [5.74, 6) is 3.31. The Hall–Kier alpha value is -2.03. The number of hydrogen-bond donors (Lipinski definition) is 1. The Bertz CT molecular complexity index is 621. The van der Waals surface area contributed by atoms with Crippen molar-refractivity contribution in [1.29, 1.82) is 0 Å². The zero-order chi connectivity index (χ0) is 15.7. The summed E-state index contributed by atoms with van der Waals surface area (Å²) in [5.41, 5.74) is -1.37. The van der Waals surface area contributed by atoms with Crippen LogP contribution in [0.4, 0.5) is 17.6 Å². The number of carbonyl (C=O) groups is 1. The highest BCUT2D eigenvalue weighted by Gasteiger charge is 2.45. The van der Waals surface area contributed by atoms with Gasteiger partial charge in [0.05, 0.1) is 5.56 Å². The van der Waals surface area contributed by atoms with Crippen molar-refractivity contribution < 1.29 is 22.4 Å². The van der Waals surface area contributed by atoms with Gasteiger partial charge in [-0.15, -0.1) is 0 Å². The third-order valence-corrected chi connectivity index (χ3v) is 3.52. The first kappa shape index (κ1) is 15.4. The van der Waals surface area contributed by atoms with Gasteiger partial charge in [0.2, 0.25) is 0 Å². The average molecular weight is 299 g/mol. The van der Waals surface area contributed by atoms with Crippen LogP contribution in [0.25, 0.3) is 0 Å². The summed E-state index contributed by atoms with van der Waals surface area (Å²) in [4.78, 5) is 11.3. The highest BCUT2D eigenvalue weighted by atomic mass is 19.4. The van der Waals surface area contributed by atoms with Gasteiger partial charge < -0.3 is 5.32 Å². The minimum absolute atomic E-state index is 0.154. The smallest absolute Gasteiger partial charge is 0.344 e. The van der Waals surface area contributed by atoms with Crippen molar-refractivity contribution in [3.05, 3.63) is 35.1 Å². The molecule has 1 aromatic rings. The number of alkyl halides is 3. The van der Waals surface area contributed by atoms with E-state index in [2.05, 4.69) is 17.2 Å². The summed E-state index contributed by atoms with van der Waals surface area (Å²) < 4.78 is 51.6. The van der Waals surface area contributed by atoms with E-state index in [1.807, 2.05) is 0 Å². The second-order valence-electron chi connectivity index (χ2n) is 5.06. The van der Waals surface area contributed by atoms with Crippen molar-refractivity contribution in [3.8, 4) is 11.8 Å². The van der Waals surface area contributed by atoms with Gasteiger partial charge in [-0.1, -0.05) is 5.92 Å². The fourth-order valence-electron chi connectivity index (χ4n) is 2.19. The van der Waals surface area contributed by atoms with E-state index >= 15 is 0 Å². The predicted octanol–water partition coefficient (Wildman–Crippen LogP) is 3.02. The van der Waals surface area contributed by atoms with Gasteiger partial charge >= 0.3 is 6.18 Å². The summed E-state index contributed by atoms with van der Waals surface area (Å²) in [7, 11) is 0. The van der Waals surface area contributed by atoms with Crippen LogP contribution in [0.5, 0.6) is 0 Å². The molecule has 0 saturated heterocycles. The average Bonchev–Trinajstić information content (AvgIpc) is 3.16. The lowest BCUT2D eigenvalue weighted by Crippen LogP contribution is -2.31. The fourth-order valence-corrected chi connectivity index (χ4v) is 2.19. The van der Waals surface area contributed by atoms with Crippen LogP contribution in [0.2, 0.25) is 0 Å². The first-order valence-electron chi connectivity index (χ1n) is 6.36. The molecule has 0 bridgehead atoms. The summed E-state index contributed by atoms with van der Waals surface area (Å²) in [6.45, 7) is 1.66. The summed E-state index contributed by atoms with van der Waals surface area (Å²) in [6.07, 6.45) is -3.38. The van der Waals surface area contributed by atoms with Crippen LogP contribution >= 0.6 is 0 Å². The third kappa shape index (κ3) is 3.54. The number of halogens is 4. The van der Waals surface area contributed by atoms with E-state index in [4.69, 9.17) is 0 Å². The molecule has 6 heteroatoms. The molecular weight excluding hydrogens is 286 g/mol. The molecule has 2 rings (SSSR count). The third-order valence-electron chi connectivity index (χ3n) is 3.52. The molecule has 0 atom stereocenters. The van der Waals surface area contributed by atoms with Crippen molar-refractivity contribution in [1.82, 2.24) is 5.32 Å². The molecule has 2 nitrogen and oxygen atoms in total. The molecule has 1 amide bonds. The van der Waals surface area contributed by atoms with Crippen LogP contribution in [0, 0.1) is 17.7 Å². The zero-order valence-corrected chi connectivity index (χ0v) is 11.3. The van der Waals surface area contributed by atoms with Crippen LogP contribution in [-0.2, 0) is 16.4 Å². The van der Waals surface area contributed by atoms with Crippen molar-refractivity contribution >= 4 is 5.91 Å². The fraction of sp³-hybridized carbons (Fsp3) is 0.400. The minimum Gasteiger partial charge on any atom is -0.344 e. The number of carbonyl (C=O) groups excluding carboxylic acids is 1. The molecule has 21 heavy (non-hydrogen) atoms. The van der Waals surface area contributed by atoms with E-state index < -0.39 is 28.9 Å². The molecule has 0 unspecified atom stereocenters. The predicted molar refractivity (Wildman–Crippen MR) is 68.8 cm³/mol. The molecule has 1 aliphatic carbocycles. The van der Waals surface area contributed by atoms with Gasteiger partial charge in [-0.3, -0.25) is 4.79 Å². The molecule has 1 saturated carbocycles. The van der Waals surface area contributed by atoms with Crippen LogP contribution in [-0.4, -0.2) is 12.5 Å². The van der Waals surface area contributed by atoms with Gasteiger partial charge in [0.15, 0.2) is 0 Å². The van der Waals surface area contributed by atoms with Crippen LogP contribution < -0.4 is 5.32 Å². The topological polar surface area (TPSA) is 29.1 Å². The number of benzene rings is 1. The maximum absolute atomic E-state index is 13.4. The molecule has 1 aliphatic rings. The number of amides is 1. The minimum atomic E-state index is -4.59. The van der Waals surface area contributed by atoms with Gasteiger partial charge in [-0.2, -0.15) is 13.2 Å². The maximum Gasteiger partial charge on any atom is 0.416 e. The summed E-state index contributed by atoms with van der Waals surface area (Å²) in [5, 5.41) is 2.55. The number of nitrogens with one attached hydrogen (secondary N) is 1. The second-order valence-corrected chi connectivity index (χ2v) is 5.06. The van der Waals surface area contributed by atoms with Crippen molar-refractivity contribution in [2.45, 2.75) is 31.4 Å². The lowest BCUT2D eigenvalue weighted by molar-refractivity contribution is -0.137. The zero-order valence-electron chi connectivity index (χ0n) is 11.3. The summed E-state index contributed by atoms with van der Waals surface area (Å²) >= 11 is 0. The SMILES string of the molecule is CC#CC(=O)NCC1(c2cc(F)cc(C(F)(F)F)c2)CC1. The van der Waals surface area contributed by atoms with Crippen molar-refractivity contribution in [3.63, 3.8) is 0 Å². The standard InChI is InChI=1S/C15H13F4NO/c1-2-3-13(21)20-9-14(4-5-14)10-6-11(15(17,18)19)8-12(16)7-10/h6-8H,4-5,9H2,1H3,(H,20,21). The molecule has 1 aromatic carbocycles. The van der Waals surface area contributed by atoms with E-state index in [0.29, 0.717) is 18.9 Å². The van der Waals surface area contributed by atoms with Crippen LogP contribution in [0.1, 0.15) is 30.9 Å². The van der Waals surface area contributed by atoms with Gasteiger partial charge in [0.1, 0.15) is 5.82 Å². The van der Waals surface area contributed by atoms with Gasteiger partial charge in [-0.05, 0) is 49.4 Å². The van der Waals surface area contributed by atoms with Gasteiger partial charge in [0.25, 0.3) is 5.91 Å². The molecule has 1 N–H and O–H groups in total. The largest absolute Gasteiger partial charge is 0.416 e. The quantitative estimate of drug-likeness (QED) is 0.674. The molecule has 1 fully saturated rings. The first-order chi connectivity index (χ1) is 9.77. The number of rotatable bonds is 3. The van der Waals surface area contributed by atoms with E-state index in [-0.39, 0.29) is 12.1 Å². The monoisotopic (exact) mass is 299 g/mol. The summed E-state index contributed by atoms with van der Waals surface area (Å²) in [6, 6.07) is 2.52. The Kier molecular flexibility index (Phi) is 3.95. The van der Waals surface area contributed by atoms with Crippen LogP contribution in [0.15, 0.2) is 18.2 Å². The van der Waals surface area contributed by atoms with E-state index in [0.717, 1.165) is 12.1 Å². The highest BCUT2D eigenvalue weighted by molar-refractivity contribution is 5.93. The molecule has 0 spiro atoms. The van der Waals surface area contributed by atoms with Gasteiger partial charge in [0, 0.05) is 12.0 Å². The Morgan fingerprint density at radius 1 is 1.33 bits per heavy atom. The maximum atomic E-state index is 13.4. The van der Waals surface area contributed by atoms with E-state index in [9.17, 15) is 22.4 Å². The van der Waals surface area contributed by atoms with Crippen molar-refractivity contribution in [2.24, 2.45) is 0 Å². The lowest BCUT2D eigenvalue weighted by atomic mass is 9.94. The lowest BCUT2D eigenvalue weighted by Gasteiger charge is -2.18. The normalized spacial score (nSPS) is 15.9. The highest BCUT2D eigenvalue weighted by Crippen LogP contribution is 2.48. The molecule has 0 aliphatic heterocycles. The number of hydrogen-bond acceptors (Lipinski definition) is 1. The molecule has 0 heterocycles. The Morgan fingerprint density at radius 2 is 2.00 bits per heavy atom. The van der Waals surface area contributed by atoms with Gasteiger partial charge in [-0.25, -0.2) is 4.39 Å². The Balaban J connectivity index is 2.22. The van der Waals surface area contributed by atoms with E-state index in [1.54, 1.807) is 0 Å². The first-order valence-corrected chi connectivity index (χ1v) is 6.36. The Morgan fingerprint density at radius 3 is 2.52 bits per heavy atom. The molecule has 112 valence electrons. The molecular formula is C15H13F4NO.